The Morgan fingerprint density at radius 3 is 2.63 bits per heavy atom. The number of morpholine rings is 1. The molecule has 0 N–H and O–H groups in total. The molecule has 1 amide bonds. The molecule has 0 aromatic carbocycles. The maximum absolute atomic E-state index is 12.7. The fraction of sp³-hybridized carbons (Fsp3) is 0.579. The lowest BCUT2D eigenvalue weighted by atomic mass is 10.1. The van der Waals surface area contributed by atoms with Gasteiger partial charge in [-0.2, -0.15) is 0 Å². The van der Waals surface area contributed by atoms with Gasteiger partial charge in [-0.1, -0.05) is 12.8 Å². The van der Waals surface area contributed by atoms with Crippen molar-refractivity contribution in [2.24, 2.45) is 20.0 Å². The fourth-order valence-corrected chi connectivity index (χ4v) is 4.11. The summed E-state index contributed by atoms with van der Waals surface area (Å²) in [6.07, 6.45) is 3.84. The second-order valence-electron chi connectivity index (χ2n) is 7.44. The minimum atomic E-state index is -0.417. The molecular weight excluding hydrogens is 348 g/mol. The van der Waals surface area contributed by atoms with Gasteiger partial charge in [0.05, 0.1) is 24.2 Å². The van der Waals surface area contributed by atoms with E-state index in [0.717, 1.165) is 30.3 Å². The first-order chi connectivity index (χ1) is 13.0. The molecule has 0 radical (unpaired) electrons. The number of rotatable bonds is 2. The van der Waals surface area contributed by atoms with Gasteiger partial charge in [-0.3, -0.25) is 18.7 Å². The lowest BCUT2D eigenvalue weighted by Gasteiger charge is -2.34. The van der Waals surface area contributed by atoms with Crippen LogP contribution in [0.2, 0.25) is 0 Å². The van der Waals surface area contributed by atoms with Crippen LogP contribution in [0.15, 0.2) is 21.7 Å². The molecule has 2 aliphatic rings. The molecule has 0 unspecified atom stereocenters. The summed E-state index contributed by atoms with van der Waals surface area (Å²) in [6, 6.07) is 3.43. The average Bonchev–Trinajstić information content (AvgIpc) is 3.24. The van der Waals surface area contributed by atoms with Gasteiger partial charge in [-0.25, -0.2) is 9.78 Å². The maximum atomic E-state index is 12.7. The Bertz CT molecular complexity index is 1000. The number of carbonyl (C=O) groups is 1. The zero-order valence-electron chi connectivity index (χ0n) is 15.7. The van der Waals surface area contributed by atoms with Crippen LogP contribution in [0.4, 0.5) is 0 Å². The number of hydrogen-bond acceptors (Lipinski definition) is 5. The highest BCUT2D eigenvalue weighted by Crippen LogP contribution is 2.29. The van der Waals surface area contributed by atoms with Crippen LogP contribution in [0.25, 0.3) is 11.0 Å². The molecule has 1 aliphatic carbocycles. The van der Waals surface area contributed by atoms with E-state index in [0.29, 0.717) is 36.4 Å². The van der Waals surface area contributed by atoms with E-state index in [1.807, 2.05) is 4.90 Å². The molecule has 3 heterocycles. The van der Waals surface area contributed by atoms with E-state index in [-0.39, 0.29) is 23.5 Å². The summed E-state index contributed by atoms with van der Waals surface area (Å²) in [5.41, 5.74) is 0.188. The van der Waals surface area contributed by atoms with Crippen LogP contribution < -0.4 is 11.2 Å². The molecule has 27 heavy (non-hydrogen) atoms. The van der Waals surface area contributed by atoms with Crippen molar-refractivity contribution in [3.05, 3.63) is 38.7 Å². The standard InChI is InChI=1S/C19H24N4O4/c1-21-16-13(18(25)22(2)19(21)26)7-8-14(20-16)15-11-23(9-10-27-15)17(24)12-5-3-4-6-12/h7-8,12,15H,3-6,9-11H2,1-2H3/t15-/m1/s1. The van der Waals surface area contributed by atoms with Gasteiger partial charge < -0.3 is 9.64 Å². The van der Waals surface area contributed by atoms with Gasteiger partial charge in [-0.05, 0) is 25.0 Å². The Labute approximate surface area is 156 Å². The maximum Gasteiger partial charge on any atom is 0.332 e. The normalized spacial score (nSPS) is 21.1. The van der Waals surface area contributed by atoms with Crippen molar-refractivity contribution in [3.8, 4) is 0 Å². The summed E-state index contributed by atoms with van der Waals surface area (Å²) in [4.78, 5) is 43.6. The molecule has 1 saturated carbocycles. The quantitative estimate of drug-likeness (QED) is 0.775. The summed E-state index contributed by atoms with van der Waals surface area (Å²) in [7, 11) is 3.05. The lowest BCUT2D eigenvalue weighted by molar-refractivity contribution is -0.143. The van der Waals surface area contributed by atoms with E-state index in [2.05, 4.69) is 4.98 Å². The van der Waals surface area contributed by atoms with Crippen molar-refractivity contribution in [1.82, 2.24) is 19.0 Å². The SMILES string of the molecule is Cn1c(=O)c2ccc([C@H]3CN(C(=O)C4CCCC4)CCO3)nc2n(C)c1=O. The predicted octanol–water partition coefficient (Wildman–Crippen LogP) is 0.722. The van der Waals surface area contributed by atoms with Crippen LogP contribution in [0.3, 0.4) is 0 Å². The third-order valence-electron chi connectivity index (χ3n) is 5.74. The molecule has 2 aromatic rings. The van der Waals surface area contributed by atoms with Gasteiger partial charge in [0.25, 0.3) is 5.56 Å². The van der Waals surface area contributed by atoms with Crippen molar-refractivity contribution < 1.29 is 9.53 Å². The molecule has 8 nitrogen and oxygen atoms in total. The minimum Gasteiger partial charge on any atom is -0.368 e. The molecule has 8 heteroatoms. The Morgan fingerprint density at radius 1 is 1.15 bits per heavy atom. The second kappa shape index (κ2) is 6.92. The van der Waals surface area contributed by atoms with E-state index in [9.17, 15) is 14.4 Å². The number of aromatic nitrogens is 3. The summed E-state index contributed by atoms with van der Waals surface area (Å²) in [5.74, 6) is 0.347. The molecule has 4 rings (SSSR count). The van der Waals surface area contributed by atoms with E-state index < -0.39 is 5.69 Å². The number of nitrogens with zero attached hydrogens (tertiary/aromatic N) is 4. The van der Waals surface area contributed by atoms with Gasteiger partial charge in [0, 0.05) is 26.6 Å². The van der Waals surface area contributed by atoms with Crippen LogP contribution >= 0.6 is 0 Å². The average molecular weight is 372 g/mol. The molecule has 2 aromatic heterocycles. The van der Waals surface area contributed by atoms with Crippen molar-refractivity contribution in [2.75, 3.05) is 19.7 Å². The van der Waals surface area contributed by atoms with Gasteiger partial charge in [0.2, 0.25) is 5.91 Å². The van der Waals surface area contributed by atoms with Crippen LogP contribution in [0.1, 0.15) is 37.5 Å². The van der Waals surface area contributed by atoms with Crippen molar-refractivity contribution in [3.63, 3.8) is 0 Å². The van der Waals surface area contributed by atoms with Gasteiger partial charge in [0.15, 0.2) is 0 Å². The second-order valence-corrected chi connectivity index (χ2v) is 7.44. The Balaban J connectivity index is 1.64. The zero-order chi connectivity index (χ0) is 19.1. The van der Waals surface area contributed by atoms with E-state index in [4.69, 9.17) is 4.74 Å². The molecule has 2 fully saturated rings. The Kier molecular flexibility index (Phi) is 4.59. The van der Waals surface area contributed by atoms with Crippen LogP contribution in [0, 0.1) is 5.92 Å². The van der Waals surface area contributed by atoms with E-state index in [1.165, 1.54) is 11.6 Å². The van der Waals surface area contributed by atoms with E-state index >= 15 is 0 Å². The predicted molar refractivity (Wildman–Crippen MR) is 99.5 cm³/mol. The minimum absolute atomic E-state index is 0.136. The smallest absolute Gasteiger partial charge is 0.332 e. The van der Waals surface area contributed by atoms with Crippen molar-refractivity contribution in [1.29, 1.82) is 0 Å². The number of hydrogen-bond donors (Lipinski definition) is 0. The van der Waals surface area contributed by atoms with Crippen LogP contribution in [-0.2, 0) is 23.6 Å². The third kappa shape index (κ3) is 3.07. The molecule has 1 aliphatic heterocycles. The Morgan fingerprint density at radius 2 is 1.89 bits per heavy atom. The highest BCUT2D eigenvalue weighted by molar-refractivity contribution is 5.79. The van der Waals surface area contributed by atoms with E-state index in [1.54, 1.807) is 19.2 Å². The monoisotopic (exact) mass is 372 g/mol. The highest BCUT2D eigenvalue weighted by atomic mass is 16.5. The van der Waals surface area contributed by atoms with Gasteiger partial charge >= 0.3 is 5.69 Å². The number of aryl methyl sites for hydroxylation is 1. The molecule has 1 saturated heterocycles. The highest BCUT2D eigenvalue weighted by Gasteiger charge is 2.32. The lowest BCUT2D eigenvalue weighted by Crippen LogP contribution is -2.44. The van der Waals surface area contributed by atoms with Crippen LogP contribution in [-0.4, -0.2) is 44.6 Å². The van der Waals surface area contributed by atoms with Gasteiger partial charge in [-0.15, -0.1) is 0 Å². The van der Waals surface area contributed by atoms with Gasteiger partial charge in [0.1, 0.15) is 11.8 Å². The summed E-state index contributed by atoms with van der Waals surface area (Å²) in [6.45, 7) is 1.50. The summed E-state index contributed by atoms with van der Waals surface area (Å²) in [5, 5.41) is 0.387. The zero-order valence-corrected chi connectivity index (χ0v) is 15.7. The number of pyridine rings is 1. The number of amides is 1. The molecule has 0 spiro atoms. The third-order valence-corrected chi connectivity index (χ3v) is 5.74. The molecule has 1 atom stereocenters. The number of fused-ring (bicyclic) bond motifs is 1. The molecule has 0 bridgehead atoms. The first kappa shape index (κ1) is 17.9. The summed E-state index contributed by atoms with van der Waals surface area (Å²) >= 11 is 0. The fourth-order valence-electron chi connectivity index (χ4n) is 4.11. The largest absolute Gasteiger partial charge is 0.368 e. The Hall–Kier alpha value is -2.48. The van der Waals surface area contributed by atoms with Crippen LogP contribution in [0.5, 0.6) is 0 Å². The molecular formula is C19H24N4O4. The topological polar surface area (TPSA) is 86.4 Å². The first-order valence-corrected chi connectivity index (χ1v) is 9.44. The summed E-state index contributed by atoms with van der Waals surface area (Å²) < 4.78 is 8.29. The van der Waals surface area contributed by atoms with Crippen molar-refractivity contribution in [2.45, 2.75) is 31.8 Å². The number of ether oxygens (including phenoxy) is 1. The molecule has 144 valence electrons. The van der Waals surface area contributed by atoms with Crippen molar-refractivity contribution >= 4 is 16.9 Å². The number of carbonyl (C=O) groups excluding carboxylic acids is 1. The first-order valence-electron chi connectivity index (χ1n) is 9.44.